The van der Waals surface area contributed by atoms with E-state index in [1.807, 2.05) is 20.8 Å². The number of amides is 1. The molecule has 1 saturated heterocycles. The maximum Gasteiger partial charge on any atom is 0.410 e. The lowest BCUT2D eigenvalue weighted by Gasteiger charge is -2.35. The van der Waals surface area contributed by atoms with Crippen molar-refractivity contribution in [3.63, 3.8) is 0 Å². The van der Waals surface area contributed by atoms with Crippen LogP contribution in [0.1, 0.15) is 43.7 Å². The van der Waals surface area contributed by atoms with Gasteiger partial charge >= 0.3 is 6.18 Å². The Kier molecular flexibility index (Phi) is 6.18. The normalized spacial score (nSPS) is 24.5. The van der Waals surface area contributed by atoms with Gasteiger partial charge in [0.2, 0.25) is 0 Å². The van der Waals surface area contributed by atoms with Crippen LogP contribution >= 0.6 is 0 Å². The highest BCUT2D eigenvalue weighted by Crippen LogP contribution is 2.40. The molecule has 1 aromatic rings. The van der Waals surface area contributed by atoms with E-state index in [1.54, 1.807) is 0 Å². The van der Waals surface area contributed by atoms with Crippen LogP contribution in [0.3, 0.4) is 0 Å². The Bertz CT molecular complexity index is 685. The maximum atomic E-state index is 13.5. The molecule has 158 valence electrons. The van der Waals surface area contributed by atoms with Crippen LogP contribution < -0.4 is 10.6 Å². The summed E-state index contributed by atoms with van der Waals surface area (Å²) in [6.45, 7) is 9.05. The number of ether oxygens (including phenoxy) is 1. The molecule has 2 N–H and O–H groups in total. The fourth-order valence-electron chi connectivity index (χ4n) is 3.63. The van der Waals surface area contributed by atoms with E-state index >= 15 is 0 Å². The van der Waals surface area contributed by atoms with Crippen molar-refractivity contribution >= 4 is 11.7 Å². The summed E-state index contributed by atoms with van der Waals surface area (Å²) >= 11 is 0. The number of hydrogen-bond acceptors (Lipinski definition) is 5. The Morgan fingerprint density at radius 3 is 2.64 bits per heavy atom. The zero-order valence-corrected chi connectivity index (χ0v) is 16.4. The third-order valence-electron chi connectivity index (χ3n) is 5.48. The van der Waals surface area contributed by atoms with Crippen molar-refractivity contribution < 1.29 is 22.7 Å². The Balaban J connectivity index is 1.69. The van der Waals surface area contributed by atoms with Crippen LogP contribution in [-0.2, 0) is 4.74 Å². The number of carbonyl (C=O) groups excluding carboxylic acids is 1. The molecule has 1 fully saturated rings. The van der Waals surface area contributed by atoms with Crippen LogP contribution in [0, 0.1) is 5.92 Å². The smallest absolute Gasteiger partial charge is 0.379 e. The molecule has 0 spiro atoms. The van der Waals surface area contributed by atoms with Crippen molar-refractivity contribution in [1.29, 1.82) is 0 Å². The van der Waals surface area contributed by atoms with Gasteiger partial charge in [-0.2, -0.15) is 18.3 Å². The molecule has 10 heteroatoms. The van der Waals surface area contributed by atoms with Crippen molar-refractivity contribution in [2.75, 3.05) is 38.2 Å². The van der Waals surface area contributed by atoms with Crippen LogP contribution in [0.15, 0.2) is 6.07 Å². The maximum absolute atomic E-state index is 13.5. The molecule has 2 aliphatic heterocycles. The zero-order chi connectivity index (χ0) is 20.5. The molecular formula is C18H28F3N5O2. The molecule has 3 heterocycles. The first-order valence-corrected chi connectivity index (χ1v) is 9.69. The Labute approximate surface area is 162 Å². The van der Waals surface area contributed by atoms with Crippen molar-refractivity contribution in [1.82, 2.24) is 20.0 Å². The number of aromatic nitrogens is 2. The van der Waals surface area contributed by atoms with Gasteiger partial charge in [0.05, 0.1) is 13.2 Å². The Morgan fingerprint density at radius 2 is 2.04 bits per heavy atom. The van der Waals surface area contributed by atoms with E-state index in [0.29, 0.717) is 19.8 Å². The Hall–Kier alpha value is -1.81. The summed E-state index contributed by atoms with van der Waals surface area (Å²) < 4.78 is 46.8. The molecule has 3 rings (SSSR count). The first kappa shape index (κ1) is 20.9. The third-order valence-corrected chi connectivity index (χ3v) is 5.48. The zero-order valence-electron chi connectivity index (χ0n) is 16.4. The number of nitrogens with zero attached hydrogens (tertiary/aromatic N) is 3. The summed E-state index contributed by atoms with van der Waals surface area (Å²) in [6, 6.07) is -0.545. The van der Waals surface area contributed by atoms with Gasteiger partial charge in [-0.3, -0.25) is 9.69 Å². The van der Waals surface area contributed by atoms with E-state index in [-0.39, 0.29) is 35.9 Å². The number of nitrogens with one attached hydrogen (secondary N) is 2. The van der Waals surface area contributed by atoms with Crippen molar-refractivity contribution in [3.8, 4) is 0 Å². The second kappa shape index (κ2) is 8.28. The highest BCUT2D eigenvalue weighted by Gasteiger charge is 2.47. The summed E-state index contributed by atoms with van der Waals surface area (Å²) in [5.74, 6) is -0.204. The highest BCUT2D eigenvalue weighted by atomic mass is 19.4. The number of anilines is 1. The van der Waals surface area contributed by atoms with Crippen LogP contribution in [0.4, 0.5) is 19.0 Å². The van der Waals surface area contributed by atoms with Crippen LogP contribution in [-0.4, -0.2) is 71.7 Å². The van der Waals surface area contributed by atoms with E-state index < -0.39 is 18.1 Å². The summed E-state index contributed by atoms with van der Waals surface area (Å²) in [5, 5.41) is 9.85. The minimum absolute atomic E-state index is 0.00432. The second-order valence-corrected chi connectivity index (χ2v) is 7.85. The lowest BCUT2D eigenvalue weighted by atomic mass is 9.94. The van der Waals surface area contributed by atoms with E-state index in [0.717, 1.165) is 17.8 Å². The molecule has 0 aromatic carbocycles. The monoisotopic (exact) mass is 403 g/mol. The van der Waals surface area contributed by atoms with Gasteiger partial charge in [-0.25, -0.2) is 4.68 Å². The SMILES string of the molecule is CC(C)[C@@H]1C[C@H](C(F)(F)F)n2nc(C(=O)NCC(C)N3CCOCC3)cc2N1. The molecule has 0 saturated carbocycles. The number of rotatable bonds is 5. The number of hydrogen-bond donors (Lipinski definition) is 2. The lowest BCUT2D eigenvalue weighted by Crippen LogP contribution is -2.47. The summed E-state index contributed by atoms with van der Waals surface area (Å²) in [6.07, 6.45) is -4.53. The van der Waals surface area contributed by atoms with Gasteiger partial charge in [0.15, 0.2) is 11.7 Å². The third kappa shape index (κ3) is 4.60. The van der Waals surface area contributed by atoms with Gasteiger partial charge in [-0.1, -0.05) is 13.8 Å². The molecule has 0 bridgehead atoms. The molecule has 3 atom stereocenters. The minimum atomic E-state index is -4.42. The van der Waals surface area contributed by atoms with Crippen LogP contribution in [0.2, 0.25) is 0 Å². The highest BCUT2D eigenvalue weighted by molar-refractivity contribution is 5.93. The average Bonchev–Trinajstić information content (AvgIpc) is 3.09. The number of morpholine rings is 1. The van der Waals surface area contributed by atoms with Gasteiger partial charge < -0.3 is 15.4 Å². The van der Waals surface area contributed by atoms with Crippen LogP contribution in [0.25, 0.3) is 0 Å². The predicted molar refractivity (Wildman–Crippen MR) is 98.4 cm³/mol. The topological polar surface area (TPSA) is 71.4 Å². The Morgan fingerprint density at radius 1 is 1.36 bits per heavy atom. The van der Waals surface area contributed by atoms with E-state index in [1.165, 1.54) is 6.07 Å². The second-order valence-electron chi connectivity index (χ2n) is 7.85. The molecule has 0 aliphatic carbocycles. The number of fused-ring (bicyclic) bond motifs is 1. The fraction of sp³-hybridized carbons (Fsp3) is 0.778. The predicted octanol–water partition coefficient (Wildman–Crippen LogP) is 2.28. The van der Waals surface area contributed by atoms with Gasteiger partial charge in [-0.05, 0) is 19.3 Å². The molecule has 2 aliphatic rings. The minimum Gasteiger partial charge on any atom is -0.379 e. The number of alkyl halides is 3. The molecule has 0 radical (unpaired) electrons. The molecular weight excluding hydrogens is 375 g/mol. The number of halogens is 3. The average molecular weight is 403 g/mol. The van der Waals surface area contributed by atoms with Crippen molar-refractivity contribution in [2.45, 2.75) is 51.5 Å². The van der Waals surface area contributed by atoms with Crippen molar-refractivity contribution in [2.24, 2.45) is 5.92 Å². The van der Waals surface area contributed by atoms with E-state index in [4.69, 9.17) is 4.74 Å². The summed E-state index contributed by atoms with van der Waals surface area (Å²) in [4.78, 5) is 14.7. The molecule has 1 unspecified atom stereocenters. The van der Waals surface area contributed by atoms with Gasteiger partial charge in [0.25, 0.3) is 5.91 Å². The van der Waals surface area contributed by atoms with Crippen molar-refractivity contribution in [3.05, 3.63) is 11.8 Å². The number of carbonyl (C=O) groups is 1. The molecule has 7 nitrogen and oxygen atoms in total. The van der Waals surface area contributed by atoms with E-state index in [2.05, 4.69) is 20.6 Å². The summed E-state index contributed by atoms with van der Waals surface area (Å²) in [7, 11) is 0. The molecule has 28 heavy (non-hydrogen) atoms. The van der Waals surface area contributed by atoms with Gasteiger partial charge in [0, 0.05) is 37.8 Å². The largest absolute Gasteiger partial charge is 0.410 e. The van der Waals surface area contributed by atoms with E-state index in [9.17, 15) is 18.0 Å². The van der Waals surface area contributed by atoms with Crippen LogP contribution in [0.5, 0.6) is 0 Å². The fourth-order valence-corrected chi connectivity index (χ4v) is 3.63. The summed E-state index contributed by atoms with van der Waals surface area (Å²) in [5.41, 5.74) is -0.00432. The molecule has 1 aromatic heterocycles. The molecule has 1 amide bonds. The standard InChI is InChI=1S/C18H28F3N5O2/c1-11(2)13-8-15(18(19,20)21)26-16(23-13)9-14(24-26)17(27)22-10-12(3)25-4-6-28-7-5-25/h9,11-13,15,23H,4-8,10H2,1-3H3,(H,22,27)/t12?,13-,15+/m0/s1. The first-order chi connectivity index (χ1) is 13.2. The quantitative estimate of drug-likeness (QED) is 0.789. The lowest BCUT2D eigenvalue weighted by molar-refractivity contribution is -0.174. The van der Waals surface area contributed by atoms with Gasteiger partial charge in [0.1, 0.15) is 5.82 Å². The van der Waals surface area contributed by atoms with Gasteiger partial charge in [-0.15, -0.1) is 0 Å². The first-order valence-electron chi connectivity index (χ1n) is 9.69.